The third kappa shape index (κ3) is 15.4. The fraction of sp³-hybridized carbons (Fsp3) is 0.512. The van der Waals surface area contributed by atoms with Gasteiger partial charge in [0, 0.05) is 11.9 Å². The van der Waals surface area contributed by atoms with Crippen LogP contribution in [0.2, 0.25) is 0 Å². The molecule has 0 aliphatic carbocycles. The number of unbranched alkanes of at least 4 members (excludes halogenated alkanes) is 1. The molecule has 11 heteroatoms. The number of imidazole rings is 1. The number of carbonyl (C=O) groups is 2. The normalized spacial score (nSPS) is 14.8. The highest BCUT2D eigenvalue weighted by Crippen LogP contribution is 2.22. The van der Waals surface area contributed by atoms with Gasteiger partial charge >= 0.3 is 0 Å². The Morgan fingerprint density at radius 1 is 1.04 bits per heavy atom. The van der Waals surface area contributed by atoms with Crippen LogP contribution in [0.3, 0.4) is 0 Å². The molecule has 54 heavy (non-hydrogen) atoms. The summed E-state index contributed by atoms with van der Waals surface area (Å²) in [6.07, 6.45) is 8.80. The molecule has 0 bridgehead atoms. The fourth-order valence-electron chi connectivity index (χ4n) is 5.58. The number of benzene rings is 2. The van der Waals surface area contributed by atoms with Crippen molar-refractivity contribution < 1.29 is 23.8 Å². The van der Waals surface area contributed by atoms with Crippen LogP contribution in [-0.2, 0) is 25.7 Å². The summed E-state index contributed by atoms with van der Waals surface area (Å²) in [4.78, 5) is 32.5. The molecule has 2 unspecified atom stereocenters. The van der Waals surface area contributed by atoms with E-state index in [0.29, 0.717) is 30.6 Å². The number of nitrogens with zero attached hydrogens (tertiary/aromatic N) is 3. The van der Waals surface area contributed by atoms with Crippen LogP contribution in [0.25, 0.3) is 0 Å². The fourth-order valence-corrected chi connectivity index (χ4v) is 5.58. The van der Waals surface area contributed by atoms with Gasteiger partial charge < -0.3 is 44.4 Å². The second-order valence-corrected chi connectivity index (χ2v) is 15.6. The van der Waals surface area contributed by atoms with Crippen molar-refractivity contribution in [3.05, 3.63) is 103 Å². The minimum Gasteiger partial charge on any atom is -0.494 e. The zero-order chi connectivity index (χ0) is 39.7. The van der Waals surface area contributed by atoms with Crippen molar-refractivity contribution in [1.82, 2.24) is 25.1 Å². The van der Waals surface area contributed by atoms with E-state index in [1.807, 2.05) is 89.2 Å². The van der Waals surface area contributed by atoms with E-state index in [4.69, 9.17) is 14.2 Å². The lowest BCUT2D eigenvalue weighted by Crippen LogP contribution is -2.51. The highest BCUT2D eigenvalue weighted by Gasteiger charge is 2.29. The Labute approximate surface area is 323 Å². The van der Waals surface area contributed by atoms with Gasteiger partial charge in [0.05, 0.1) is 31.7 Å². The summed E-state index contributed by atoms with van der Waals surface area (Å²) < 4.78 is 19.2. The molecule has 1 aromatic heterocycles. The number of rotatable bonds is 19. The van der Waals surface area contributed by atoms with E-state index < -0.39 is 23.2 Å². The Morgan fingerprint density at radius 2 is 1.70 bits per heavy atom. The van der Waals surface area contributed by atoms with Crippen LogP contribution in [0, 0.1) is 5.92 Å². The first-order valence-corrected chi connectivity index (χ1v) is 19.0. The summed E-state index contributed by atoms with van der Waals surface area (Å²) in [6, 6.07) is 15.7. The minimum atomic E-state index is -0.818. The number of amides is 1. The van der Waals surface area contributed by atoms with Gasteiger partial charge in [-0.1, -0.05) is 69.3 Å². The van der Waals surface area contributed by atoms with Crippen LogP contribution in [0.15, 0.2) is 91.9 Å². The SMILES string of the molecule is C=C(NC(C)(C)C(=C)NC(COCc1ccccc1)C(=O)Nc1cn(C(C=O)c2ccc(OCCCC)cc2)cn1)OC(C)(C)C.CC1CCN(C)CC1. The summed E-state index contributed by atoms with van der Waals surface area (Å²) in [5.74, 6) is 2.03. The van der Waals surface area contributed by atoms with Crippen LogP contribution in [0.5, 0.6) is 5.75 Å². The first kappa shape index (κ1) is 43.8. The third-order valence-electron chi connectivity index (χ3n) is 9.00. The number of hydrogen-bond acceptors (Lipinski definition) is 9. The maximum Gasteiger partial charge on any atom is 0.250 e. The molecule has 2 heterocycles. The van der Waals surface area contributed by atoms with E-state index in [0.717, 1.165) is 41.9 Å². The molecular weight excluding hydrogens is 681 g/mol. The van der Waals surface area contributed by atoms with Gasteiger partial charge in [-0.25, -0.2) is 4.98 Å². The molecule has 2 aromatic carbocycles. The Balaban J connectivity index is 0.000000864. The number of carbonyl (C=O) groups excluding carboxylic acids is 2. The Kier molecular flexibility index (Phi) is 17.3. The quantitative estimate of drug-likeness (QED) is 0.0653. The number of hydrogen-bond donors (Lipinski definition) is 3. The molecule has 3 aromatic rings. The van der Waals surface area contributed by atoms with E-state index in [-0.39, 0.29) is 12.5 Å². The average Bonchev–Trinajstić information content (AvgIpc) is 3.57. The number of anilines is 1. The van der Waals surface area contributed by atoms with Gasteiger partial charge in [0.1, 0.15) is 29.7 Å². The molecule has 1 fully saturated rings. The van der Waals surface area contributed by atoms with Gasteiger partial charge in [-0.2, -0.15) is 0 Å². The number of aldehydes is 1. The van der Waals surface area contributed by atoms with Crippen LogP contribution < -0.4 is 20.7 Å². The van der Waals surface area contributed by atoms with Crippen LogP contribution >= 0.6 is 0 Å². The Bertz CT molecular complexity index is 1580. The minimum absolute atomic E-state index is 0.0552. The molecule has 1 aliphatic heterocycles. The standard InChI is InChI=1S/C36H49N5O5.C7H15N/c1-9-10-20-45-30-18-16-29(17-19-30)32(22-42)41-21-33(37-25-41)39-34(43)31(24-44-23-28-14-12-11-13-15-28)38-26(2)36(7,8)40-27(3)46-35(4,5)6;1-7-3-5-8(2)6-4-7/h11-19,21-22,25,31-32,38,40H,2-3,9-10,20,23-24H2,1,4-8H3,(H,39,43);7H,3-6H2,1-2H3. The number of nitrogens with one attached hydrogen (secondary N) is 3. The summed E-state index contributed by atoms with van der Waals surface area (Å²) in [5.41, 5.74) is 1.13. The van der Waals surface area contributed by atoms with Gasteiger partial charge in [0.15, 0.2) is 11.7 Å². The second kappa shape index (κ2) is 21.3. The summed E-state index contributed by atoms with van der Waals surface area (Å²) in [6.45, 7) is 25.9. The Hall–Kier alpha value is -4.61. The van der Waals surface area contributed by atoms with Crippen LogP contribution in [-0.4, -0.2) is 77.2 Å². The second-order valence-electron chi connectivity index (χ2n) is 15.6. The van der Waals surface area contributed by atoms with Gasteiger partial charge in [-0.15, -0.1) is 0 Å². The predicted octanol–water partition coefficient (Wildman–Crippen LogP) is 7.48. The molecule has 2 atom stereocenters. The molecule has 1 aliphatic rings. The molecule has 0 spiro atoms. The maximum atomic E-state index is 13.6. The summed E-state index contributed by atoms with van der Waals surface area (Å²) in [5, 5.41) is 9.32. The van der Waals surface area contributed by atoms with Crippen LogP contribution in [0.4, 0.5) is 5.82 Å². The highest BCUT2D eigenvalue weighted by molar-refractivity contribution is 5.94. The first-order valence-electron chi connectivity index (χ1n) is 19.0. The van der Waals surface area contributed by atoms with Gasteiger partial charge in [-0.3, -0.25) is 4.79 Å². The van der Waals surface area contributed by atoms with Crippen LogP contribution in [0.1, 0.15) is 91.3 Å². The average molecular weight is 745 g/mol. The topological polar surface area (TPSA) is 119 Å². The monoisotopic (exact) mass is 744 g/mol. The molecule has 1 saturated heterocycles. The lowest BCUT2D eigenvalue weighted by molar-refractivity contribution is -0.119. The molecule has 11 nitrogen and oxygen atoms in total. The molecule has 296 valence electrons. The number of piperidine rings is 1. The predicted molar refractivity (Wildman–Crippen MR) is 217 cm³/mol. The molecule has 3 N–H and O–H groups in total. The lowest BCUT2D eigenvalue weighted by atomic mass is 10.00. The summed E-state index contributed by atoms with van der Waals surface area (Å²) in [7, 11) is 2.20. The van der Waals surface area contributed by atoms with Gasteiger partial charge in [0.2, 0.25) is 5.91 Å². The Morgan fingerprint density at radius 3 is 2.30 bits per heavy atom. The van der Waals surface area contributed by atoms with E-state index in [9.17, 15) is 9.59 Å². The van der Waals surface area contributed by atoms with Crippen molar-refractivity contribution in [3.63, 3.8) is 0 Å². The van der Waals surface area contributed by atoms with E-state index in [1.165, 1.54) is 32.3 Å². The van der Waals surface area contributed by atoms with E-state index in [1.54, 1.807) is 10.8 Å². The smallest absolute Gasteiger partial charge is 0.250 e. The molecule has 4 rings (SSSR count). The van der Waals surface area contributed by atoms with Gasteiger partial charge in [0.25, 0.3) is 0 Å². The van der Waals surface area contributed by atoms with Crippen molar-refractivity contribution in [3.8, 4) is 5.75 Å². The van der Waals surface area contributed by atoms with E-state index >= 15 is 0 Å². The van der Waals surface area contributed by atoms with Crippen molar-refractivity contribution in [2.24, 2.45) is 5.92 Å². The zero-order valence-corrected chi connectivity index (χ0v) is 33.8. The number of likely N-dealkylation sites (tertiary alicyclic amines) is 1. The zero-order valence-electron chi connectivity index (χ0n) is 33.8. The highest BCUT2D eigenvalue weighted by atomic mass is 16.5. The van der Waals surface area contributed by atoms with Crippen molar-refractivity contribution in [1.29, 1.82) is 0 Å². The lowest BCUT2D eigenvalue weighted by Gasteiger charge is -2.35. The third-order valence-corrected chi connectivity index (χ3v) is 9.00. The molecular formula is C43H64N6O5. The number of aromatic nitrogens is 2. The van der Waals surface area contributed by atoms with E-state index in [2.05, 4.69) is 59.9 Å². The van der Waals surface area contributed by atoms with Crippen molar-refractivity contribution in [2.45, 2.75) is 104 Å². The molecule has 0 radical (unpaired) electrons. The molecule has 1 amide bonds. The number of ether oxygens (including phenoxy) is 3. The van der Waals surface area contributed by atoms with Crippen molar-refractivity contribution >= 4 is 18.0 Å². The van der Waals surface area contributed by atoms with Gasteiger partial charge in [-0.05, 0) is 110 Å². The maximum absolute atomic E-state index is 13.6. The first-order chi connectivity index (χ1) is 25.6. The molecule has 0 saturated carbocycles. The largest absolute Gasteiger partial charge is 0.494 e. The summed E-state index contributed by atoms with van der Waals surface area (Å²) >= 11 is 0. The van der Waals surface area contributed by atoms with Crippen molar-refractivity contribution in [2.75, 3.05) is 38.7 Å².